The van der Waals surface area contributed by atoms with Gasteiger partial charge in [0.25, 0.3) is 0 Å². The molecule has 0 saturated heterocycles. The zero-order chi connectivity index (χ0) is 18.0. The number of alkyl halides is 3. The normalized spacial score (nSPS) is 12.4. The van der Waals surface area contributed by atoms with Gasteiger partial charge in [0, 0.05) is 6.07 Å². The molecule has 0 aliphatic heterocycles. The van der Waals surface area contributed by atoms with Crippen LogP contribution < -0.4 is 4.18 Å². The van der Waals surface area contributed by atoms with E-state index in [2.05, 4.69) is 5.10 Å². The average Bonchev–Trinajstić information content (AvgIpc) is 2.88. The molecule has 1 aromatic heterocycles. The van der Waals surface area contributed by atoms with E-state index in [-0.39, 0.29) is 11.4 Å². The second-order valence-electron chi connectivity index (χ2n) is 5.32. The van der Waals surface area contributed by atoms with Gasteiger partial charge in [0.05, 0.1) is 11.4 Å². The predicted molar refractivity (Wildman–Crippen MR) is 82.6 cm³/mol. The molecule has 0 unspecified atom stereocenters. The smallest absolute Gasteiger partial charge is 0.361 e. The minimum atomic E-state index is -4.71. The molecule has 2 aromatic rings. The predicted octanol–water partition coefficient (Wildman–Crippen LogP) is 3.71. The van der Waals surface area contributed by atoms with E-state index >= 15 is 0 Å². The van der Waals surface area contributed by atoms with Crippen molar-refractivity contribution >= 4 is 10.1 Å². The van der Waals surface area contributed by atoms with Gasteiger partial charge in [0.15, 0.2) is 5.69 Å². The highest BCUT2D eigenvalue weighted by atomic mass is 32.2. The van der Waals surface area contributed by atoms with Crippen LogP contribution >= 0.6 is 0 Å². The number of nitrogens with zero attached hydrogens (tertiary/aromatic N) is 2. The molecule has 0 bridgehead atoms. The maximum absolute atomic E-state index is 12.9. The SMILES string of the molecule is CCCCS(=O)(=O)Oc1cc(C(F)(F)F)nn1-c1cccc(C)c1. The third-order valence-electron chi connectivity index (χ3n) is 3.17. The number of aromatic nitrogens is 2. The van der Waals surface area contributed by atoms with Crippen molar-refractivity contribution in [2.45, 2.75) is 32.9 Å². The lowest BCUT2D eigenvalue weighted by Gasteiger charge is -2.09. The second-order valence-corrected chi connectivity index (χ2v) is 7.01. The second kappa shape index (κ2) is 6.84. The fourth-order valence-corrected chi connectivity index (χ4v) is 3.10. The van der Waals surface area contributed by atoms with Gasteiger partial charge in [-0.3, -0.25) is 0 Å². The summed E-state index contributed by atoms with van der Waals surface area (Å²) >= 11 is 0. The standard InChI is InChI=1S/C15H17F3N2O3S/c1-3-4-8-24(21,22)23-14-10-13(15(16,17)18)19-20(14)12-7-5-6-11(2)9-12/h5-7,9-10H,3-4,8H2,1-2H3. The number of rotatable bonds is 6. The molecule has 2 rings (SSSR count). The van der Waals surface area contributed by atoms with E-state index in [9.17, 15) is 21.6 Å². The number of hydrogen-bond donors (Lipinski definition) is 0. The lowest BCUT2D eigenvalue weighted by molar-refractivity contribution is -0.141. The van der Waals surface area contributed by atoms with Crippen LogP contribution in [0.1, 0.15) is 31.0 Å². The van der Waals surface area contributed by atoms with Crippen molar-refractivity contribution in [1.82, 2.24) is 9.78 Å². The highest BCUT2D eigenvalue weighted by Crippen LogP contribution is 2.32. The van der Waals surface area contributed by atoms with Gasteiger partial charge in [-0.1, -0.05) is 25.5 Å². The lowest BCUT2D eigenvalue weighted by atomic mass is 10.2. The van der Waals surface area contributed by atoms with Crippen LogP contribution in [0.15, 0.2) is 30.3 Å². The van der Waals surface area contributed by atoms with Crippen molar-refractivity contribution in [3.05, 3.63) is 41.6 Å². The monoisotopic (exact) mass is 362 g/mol. The molecule has 0 fully saturated rings. The van der Waals surface area contributed by atoms with E-state index in [0.29, 0.717) is 18.9 Å². The van der Waals surface area contributed by atoms with Crippen LogP contribution in [-0.2, 0) is 16.3 Å². The van der Waals surface area contributed by atoms with Crippen molar-refractivity contribution in [2.75, 3.05) is 5.75 Å². The molecule has 5 nitrogen and oxygen atoms in total. The summed E-state index contributed by atoms with van der Waals surface area (Å²) < 4.78 is 68.4. The van der Waals surface area contributed by atoms with Crippen molar-refractivity contribution in [3.63, 3.8) is 0 Å². The summed E-state index contributed by atoms with van der Waals surface area (Å²) in [6, 6.07) is 7.08. The highest BCUT2D eigenvalue weighted by molar-refractivity contribution is 7.87. The van der Waals surface area contributed by atoms with Gasteiger partial charge in [0.2, 0.25) is 5.88 Å². The zero-order valence-electron chi connectivity index (χ0n) is 13.2. The Morgan fingerprint density at radius 2 is 1.96 bits per heavy atom. The molecule has 132 valence electrons. The van der Waals surface area contributed by atoms with Gasteiger partial charge in [0.1, 0.15) is 0 Å². The Hall–Kier alpha value is -2.03. The van der Waals surface area contributed by atoms with Crippen LogP contribution in [-0.4, -0.2) is 24.0 Å². The third-order valence-corrected chi connectivity index (χ3v) is 4.39. The summed E-state index contributed by atoms with van der Waals surface area (Å²) in [4.78, 5) is 0. The van der Waals surface area contributed by atoms with E-state index in [1.165, 1.54) is 6.07 Å². The number of aryl methyl sites for hydroxylation is 1. The molecule has 0 aliphatic carbocycles. The van der Waals surface area contributed by atoms with E-state index in [0.717, 1.165) is 10.2 Å². The molecule has 0 amide bonds. The summed E-state index contributed by atoms with van der Waals surface area (Å²) in [6.45, 7) is 3.56. The Kier molecular flexibility index (Phi) is 5.22. The Morgan fingerprint density at radius 1 is 1.25 bits per heavy atom. The first-order chi connectivity index (χ1) is 11.1. The fourth-order valence-electron chi connectivity index (χ4n) is 2.00. The van der Waals surface area contributed by atoms with Gasteiger partial charge < -0.3 is 4.18 Å². The Labute approximate surface area is 138 Å². The maximum atomic E-state index is 12.9. The summed E-state index contributed by atoms with van der Waals surface area (Å²) in [5.41, 5.74) is -0.146. The molecule has 1 aromatic carbocycles. The topological polar surface area (TPSA) is 61.2 Å². The molecule has 0 atom stereocenters. The number of hydrogen-bond acceptors (Lipinski definition) is 4. The summed E-state index contributed by atoms with van der Waals surface area (Å²) in [5.74, 6) is -0.756. The van der Waals surface area contributed by atoms with Gasteiger partial charge in [-0.25, -0.2) is 0 Å². The minimum absolute atomic E-state index is 0.274. The van der Waals surface area contributed by atoms with E-state index in [1.807, 2.05) is 0 Å². The summed E-state index contributed by atoms with van der Waals surface area (Å²) in [6.07, 6.45) is -3.74. The van der Waals surface area contributed by atoms with Gasteiger partial charge in [-0.2, -0.15) is 31.4 Å². The van der Waals surface area contributed by atoms with Crippen LogP contribution in [0.3, 0.4) is 0 Å². The lowest BCUT2D eigenvalue weighted by Crippen LogP contribution is -2.15. The molecule has 0 spiro atoms. The van der Waals surface area contributed by atoms with Gasteiger partial charge in [-0.05, 0) is 31.0 Å². The molecular weight excluding hydrogens is 345 g/mol. The Morgan fingerprint density at radius 3 is 2.54 bits per heavy atom. The van der Waals surface area contributed by atoms with Crippen LogP contribution in [0.4, 0.5) is 13.2 Å². The molecule has 0 aliphatic rings. The quantitative estimate of drug-likeness (QED) is 0.735. The zero-order valence-corrected chi connectivity index (χ0v) is 14.0. The van der Waals surface area contributed by atoms with E-state index in [1.54, 1.807) is 32.0 Å². The van der Waals surface area contributed by atoms with E-state index < -0.39 is 27.9 Å². The van der Waals surface area contributed by atoms with Crippen LogP contribution in [0.25, 0.3) is 5.69 Å². The first kappa shape index (κ1) is 18.3. The first-order valence-corrected chi connectivity index (χ1v) is 8.86. The molecule has 0 radical (unpaired) electrons. The highest BCUT2D eigenvalue weighted by Gasteiger charge is 2.36. The van der Waals surface area contributed by atoms with Gasteiger partial charge in [-0.15, -0.1) is 0 Å². The molecular formula is C15H17F3N2O3S. The molecule has 1 heterocycles. The maximum Gasteiger partial charge on any atom is 0.435 e. The Bertz CT molecular complexity index is 814. The van der Waals surface area contributed by atoms with Gasteiger partial charge >= 0.3 is 16.3 Å². The summed E-state index contributed by atoms with van der Waals surface area (Å²) in [5, 5.41) is 3.46. The molecule has 0 N–H and O–H groups in total. The average molecular weight is 362 g/mol. The molecule has 0 saturated carbocycles. The molecule has 24 heavy (non-hydrogen) atoms. The Balaban J connectivity index is 2.47. The van der Waals surface area contributed by atoms with Crippen molar-refractivity contribution in [3.8, 4) is 11.6 Å². The summed E-state index contributed by atoms with van der Waals surface area (Å²) in [7, 11) is -4.00. The number of benzene rings is 1. The van der Waals surface area contributed by atoms with Crippen LogP contribution in [0, 0.1) is 6.92 Å². The molecule has 9 heteroatoms. The van der Waals surface area contributed by atoms with Crippen molar-refractivity contribution in [1.29, 1.82) is 0 Å². The third kappa shape index (κ3) is 4.50. The largest absolute Gasteiger partial charge is 0.435 e. The van der Waals surface area contributed by atoms with Crippen LogP contribution in [0.2, 0.25) is 0 Å². The van der Waals surface area contributed by atoms with Crippen molar-refractivity contribution < 1.29 is 25.8 Å². The fraction of sp³-hybridized carbons (Fsp3) is 0.400. The first-order valence-electron chi connectivity index (χ1n) is 7.29. The number of halogens is 3. The van der Waals surface area contributed by atoms with E-state index in [4.69, 9.17) is 4.18 Å². The minimum Gasteiger partial charge on any atom is -0.361 e. The van der Waals surface area contributed by atoms with Crippen molar-refractivity contribution in [2.24, 2.45) is 0 Å². The van der Waals surface area contributed by atoms with Crippen LogP contribution in [0.5, 0.6) is 5.88 Å². The number of unbranched alkanes of at least 4 members (excludes halogenated alkanes) is 1.